The second-order valence-electron chi connectivity index (χ2n) is 4.88. The molecule has 0 bridgehead atoms. The lowest BCUT2D eigenvalue weighted by Crippen LogP contribution is -2.55. The van der Waals surface area contributed by atoms with Gasteiger partial charge in [0.1, 0.15) is 0 Å². The van der Waals surface area contributed by atoms with Gasteiger partial charge >= 0.3 is 5.97 Å². The van der Waals surface area contributed by atoms with Crippen LogP contribution >= 0.6 is 0 Å². The van der Waals surface area contributed by atoms with Gasteiger partial charge < -0.3 is 16.2 Å². The number of nitrogens with two attached hydrogens (primary N) is 1. The molecule has 1 aliphatic carbocycles. The summed E-state index contributed by atoms with van der Waals surface area (Å²) in [6.07, 6.45) is 3.06. The molecular formula is C12H22N2O3. The molecule has 1 fully saturated rings. The normalized spacial score (nSPS) is 24.6. The minimum Gasteiger partial charge on any atom is -0.481 e. The molecule has 2 unspecified atom stereocenters. The van der Waals surface area contributed by atoms with Gasteiger partial charge in [-0.2, -0.15) is 0 Å². The molecule has 1 saturated carbocycles. The minimum absolute atomic E-state index is 0.0374. The Balaban J connectivity index is 2.51. The highest BCUT2D eigenvalue weighted by molar-refractivity contribution is 5.86. The number of amides is 1. The second-order valence-corrected chi connectivity index (χ2v) is 4.88. The number of aliphatic carboxylic acids is 1. The molecule has 0 aliphatic heterocycles. The maximum Gasteiger partial charge on any atom is 0.306 e. The van der Waals surface area contributed by atoms with Gasteiger partial charge in [0, 0.05) is 6.04 Å². The average molecular weight is 242 g/mol. The summed E-state index contributed by atoms with van der Waals surface area (Å²) in [7, 11) is 0. The van der Waals surface area contributed by atoms with Crippen molar-refractivity contribution in [3.63, 3.8) is 0 Å². The molecule has 0 radical (unpaired) electrons. The van der Waals surface area contributed by atoms with Crippen molar-refractivity contribution < 1.29 is 14.7 Å². The summed E-state index contributed by atoms with van der Waals surface area (Å²) < 4.78 is 0. The Bertz CT molecular complexity index is 300. The minimum atomic E-state index is -0.818. The average Bonchev–Trinajstić information content (AvgIpc) is 2.76. The zero-order valence-electron chi connectivity index (χ0n) is 10.5. The molecular weight excluding hydrogens is 220 g/mol. The predicted octanol–water partition coefficient (Wildman–Crippen LogP) is 0.873. The van der Waals surface area contributed by atoms with Crippen LogP contribution in [-0.4, -0.2) is 28.6 Å². The zero-order chi connectivity index (χ0) is 13.1. The van der Waals surface area contributed by atoms with Crippen LogP contribution in [0.3, 0.4) is 0 Å². The van der Waals surface area contributed by atoms with E-state index in [-0.39, 0.29) is 17.9 Å². The molecule has 0 aromatic heterocycles. The quantitative estimate of drug-likeness (QED) is 0.667. The summed E-state index contributed by atoms with van der Waals surface area (Å²) in [4.78, 5) is 22.8. The second kappa shape index (κ2) is 5.49. The third-order valence-corrected chi connectivity index (χ3v) is 3.83. The van der Waals surface area contributed by atoms with E-state index in [1.165, 1.54) is 0 Å². The first-order valence-corrected chi connectivity index (χ1v) is 6.25. The van der Waals surface area contributed by atoms with E-state index in [1.54, 1.807) is 0 Å². The molecule has 2 atom stereocenters. The van der Waals surface area contributed by atoms with Gasteiger partial charge in [0.15, 0.2) is 0 Å². The molecule has 0 spiro atoms. The molecule has 0 saturated heterocycles. The molecule has 0 aromatic rings. The Hall–Kier alpha value is -1.10. The standard InChI is InChI=1S/C12H22N2O3/c1-3-12(13,4-2)11(17)14-9-6-5-8(7-9)10(15)16/h8-9H,3-7,13H2,1-2H3,(H,14,17)(H,15,16). The Kier molecular flexibility index (Phi) is 4.51. The van der Waals surface area contributed by atoms with Crippen LogP contribution in [0.25, 0.3) is 0 Å². The van der Waals surface area contributed by atoms with Crippen LogP contribution in [0.5, 0.6) is 0 Å². The molecule has 0 heterocycles. The SMILES string of the molecule is CCC(N)(CC)C(=O)NC1CCC(C(=O)O)C1. The lowest BCUT2D eigenvalue weighted by molar-refractivity contribution is -0.141. The molecule has 1 rings (SSSR count). The van der Waals surface area contributed by atoms with Crippen molar-refractivity contribution in [2.45, 2.75) is 57.5 Å². The van der Waals surface area contributed by atoms with Gasteiger partial charge in [-0.3, -0.25) is 9.59 Å². The van der Waals surface area contributed by atoms with Gasteiger partial charge in [0.2, 0.25) is 5.91 Å². The molecule has 98 valence electrons. The third kappa shape index (κ3) is 3.19. The first-order chi connectivity index (χ1) is 7.92. The monoisotopic (exact) mass is 242 g/mol. The van der Waals surface area contributed by atoms with E-state index in [2.05, 4.69) is 5.32 Å². The van der Waals surface area contributed by atoms with Crippen LogP contribution in [0.4, 0.5) is 0 Å². The number of carboxylic acids is 1. The Labute approximate surface area is 102 Å². The highest BCUT2D eigenvalue weighted by atomic mass is 16.4. The van der Waals surface area contributed by atoms with Crippen molar-refractivity contribution in [1.82, 2.24) is 5.32 Å². The van der Waals surface area contributed by atoms with Crippen LogP contribution < -0.4 is 11.1 Å². The van der Waals surface area contributed by atoms with E-state index >= 15 is 0 Å². The summed E-state index contributed by atoms with van der Waals surface area (Å²) in [5, 5.41) is 11.8. The molecule has 5 heteroatoms. The van der Waals surface area contributed by atoms with E-state index in [9.17, 15) is 9.59 Å². The largest absolute Gasteiger partial charge is 0.481 e. The number of hydrogen-bond donors (Lipinski definition) is 3. The Morgan fingerprint density at radius 1 is 1.35 bits per heavy atom. The third-order valence-electron chi connectivity index (χ3n) is 3.83. The number of nitrogens with one attached hydrogen (secondary N) is 1. The Morgan fingerprint density at radius 3 is 2.35 bits per heavy atom. The number of carbonyl (C=O) groups excluding carboxylic acids is 1. The van der Waals surface area contributed by atoms with Crippen molar-refractivity contribution in [3.05, 3.63) is 0 Å². The van der Waals surface area contributed by atoms with Gasteiger partial charge in [0.05, 0.1) is 11.5 Å². The highest BCUT2D eigenvalue weighted by Crippen LogP contribution is 2.26. The zero-order valence-corrected chi connectivity index (χ0v) is 10.5. The van der Waals surface area contributed by atoms with Crippen molar-refractivity contribution in [3.8, 4) is 0 Å². The summed E-state index contributed by atoms with van der Waals surface area (Å²) in [6, 6.07) is -0.0374. The predicted molar refractivity (Wildman–Crippen MR) is 64.4 cm³/mol. The molecule has 17 heavy (non-hydrogen) atoms. The van der Waals surface area contributed by atoms with E-state index in [4.69, 9.17) is 10.8 Å². The van der Waals surface area contributed by atoms with Crippen LogP contribution in [0.15, 0.2) is 0 Å². The van der Waals surface area contributed by atoms with E-state index < -0.39 is 11.5 Å². The van der Waals surface area contributed by atoms with Gasteiger partial charge in [0.25, 0.3) is 0 Å². The fraction of sp³-hybridized carbons (Fsp3) is 0.833. The van der Waals surface area contributed by atoms with Crippen molar-refractivity contribution in [1.29, 1.82) is 0 Å². The van der Waals surface area contributed by atoms with Gasteiger partial charge in [-0.15, -0.1) is 0 Å². The highest BCUT2D eigenvalue weighted by Gasteiger charge is 2.35. The van der Waals surface area contributed by atoms with Crippen LogP contribution in [0.2, 0.25) is 0 Å². The van der Waals surface area contributed by atoms with E-state index in [0.29, 0.717) is 25.7 Å². The fourth-order valence-corrected chi connectivity index (χ4v) is 2.24. The summed E-state index contributed by atoms with van der Waals surface area (Å²) in [6.45, 7) is 3.77. The summed E-state index contributed by atoms with van der Waals surface area (Å²) >= 11 is 0. The van der Waals surface area contributed by atoms with Crippen LogP contribution in [0.1, 0.15) is 46.0 Å². The molecule has 1 aliphatic rings. The first-order valence-electron chi connectivity index (χ1n) is 6.25. The van der Waals surface area contributed by atoms with Gasteiger partial charge in [-0.1, -0.05) is 13.8 Å². The molecule has 0 aromatic carbocycles. The lowest BCUT2D eigenvalue weighted by atomic mass is 9.92. The number of rotatable bonds is 5. The van der Waals surface area contributed by atoms with Crippen molar-refractivity contribution >= 4 is 11.9 Å². The maximum atomic E-state index is 12.0. The number of hydrogen-bond acceptors (Lipinski definition) is 3. The lowest BCUT2D eigenvalue weighted by Gasteiger charge is -2.27. The van der Waals surface area contributed by atoms with Crippen molar-refractivity contribution in [2.24, 2.45) is 11.7 Å². The topological polar surface area (TPSA) is 92.4 Å². The number of carbonyl (C=O) groups is 2. The van der Waals surface area contributed by atoms with Crippen LogP contribution in [-0.2, 0) is 9.59 Å². The van der Waals surface area contributed by atoms with E-state index in [0.717, 1.165) is 6.42 Å². The summed E-state index contributed by atoms with van der Waals surface area (Å²) in [5.41, 5.74) is 5.17. The van der Waals surface area contributed by atoms with Gasteiger partial charge in [-0.05, 0) is 32.1 Å². The van der Waals surface area contributed by atoms with Crippen LogP contribution in [0, 0.1) is 5.92 Å². The fourth-order valence-electron chi connectivity index (χ4n) is 2.24. The smallest absolute Gasteiger partial charge is 0.306 e. The number of carboxylic acid groups (broad SMARTS) is 1. The van der Waals surface area contributed by atoms with Crippen molar-refractivity contribution in [2.75, 3.05) is 0 Å². The Morgan fingerprint density at radius 2 is 1.94 bits per heavy atom. The summed E-state index contributed by atoms with van der Waals surface area (Å²) in [5.74, 6) is -1.25. The first kappa shape index (κ1) is 14.0. The van der Waals surface area contributed by atoms with E-state index in [1.807, 2.05) is 13.8 Å². The molecule has 5 nitrogen and oxygen atoms in total. The maximum absolute atomic E-state index is 12.0. The molecule has 4 N–H and O–H groups in total. The van der Waals surface area contributed by atoms with Gasteiger partial charge in [-0.25, -0.2) is 0 Å². The molecule has 1 amide bonds.